The Balaban J connectivity index is 1.94. The average Bonchev–Trinajstić information content (AvgIpc) is 2.51. The molecule has 2 atom stereocenters. The smallest absolute Gasteiger partial charge is 0.282 e. The number of carbonyl (C=O) groups excluding carboxylic acids is 1. The Morgan fingerprint density at radius 2 is 1.55 bits per heavy atom. The minimum absolute atomic E-state index is 0.147. The number of carbonyl (C=O) groups is 1. The topological polar surface area (TPSA) is 33.5 Å². The van der Waals surface area contributed by atoms with Gasteiger partial charge < -0.3 is 10.2 Å². The van der Waals surface area contributed by atoms with Gasteiger partial charge in [0, 0.05) is 11.3 Å². The van der Waals surface area contributed by atoms with E-state index < -0.39 is 0 Å². The molecule has 0 heterocycles. The molecule has 0 saturated carbocycles. The van der Waals surface area contributed by atoms with Gasteiger partial charge in [-0.25, -0.2) is 8.78 Å². The Bertz CT molecular complexity index is 626. The molecule has 22 heavy (non-hydrogen) atoms. The molecule has 0 bridgehead atoms. The fraction of sp³-hybridized carbons (Fsp3) is 0.235. The second-order valence-electron chi connectivity index (χ2n) is 5.37. The van der Waals surface area contributed by atoms with Gasteiger partial charge in [0.15, 0.2) is 6.04 Å². The third-order valence-corrected chi connectivity index (χ3v) is 3.64. The van der Waals surface area contributed by atoms with Crippen LogP contribution in [0.5, 0.6) is 0 Å². The van der Waals surface area contributed by atoms with Gasteiger partial charge in [0.05, 0.1) is 7.05 Å². The maximum Gasteiger partial charge on any atom is 0.282 e. The van der Waals surface area contributed by atoms with Gasteiger partial charge in [-0.1, -0.05) is 12.1 Å². The highest BCUT2D eigenvalue weighted by molar-refractivity contribution is 5.93. The van der Waals surface area contributed by atoms with Crippen LogP contribution in [0.2, 0.25) is 0 Å². The van der Waals surface area contributed by atoms with E-state index >= 15 is 0 Å². The lowest BCUT2D eigenvalue weighted by molar-refractivity contribution is -0.907. The van der Waals surface area contributed by atoms with Gasteiger partial charge in [0.2, 0.25) is 0 Å². The van der Waals surface area contributed by atoms with Crippen LogP contribution in [0, 0.1) is 11.6 Å². The van der Waals surface area contributed by atoms with Gasteiger partial charge in [0.1, 0.15) is 18.2 Å². The zero-order valence-electron chi connectivity index (χ0n) is 12.6. The van der Waals surface area contributed by atoms with Crippen molar-refractivity contribution in [3.05, 3.63) is 65.7 Å². The van der Waals surface area contributed by atoms with Crippen molar-refractivity contribution in [3.8, 4) is 0 Å². The minimum atomic E-state index is -0.342. The first-order valence-electron chi connectivity index (χ1n) is 7.09. The van der Waals surface area contributed by atoms with Crippen LogP contribution in [-0.2, 0) is 11.3 Å². The van der Waals surface area contributed by atoms with Gasteiger partial charge in [-0.3, -0.25) is 4.79 Å². The molecule has 2 rings (SSSR count). The van der Waals surface area contributed by atoms with E-state index in [9.17, 15) is 13.6 Å². The van der Waals surface area contributed by atoms with Crippen molar-refractivity contribution in [1.82, 2.24) is 0 Å². The molecule has 2 aromatic rings. The van der Waals surface area contributed by atoms with Gasteiger partial charge in [-0.2, -0.15) is 0 Å². The van der Waals surface area contributed by atoms with E-state index in [1.165, 1.54) is 36.4 Å². The number of halogens is 2. The quantitative estimate of drug-likeness (QED) is 0.870. The van der Waals surface area contributed by atoms with Crippen molar-refractivity contribution < 1.29 is 18.5 Å². The number of hydrogen-bond donors (Lipinski definition) is 2. The summed E-state index contributed by atoms with van der Waals surface area (Å²) in [4.78, 5) is 13.2. The number of quaternary nitrogens is 1. The van der Waals surface area contributed by atoms with Crippen LogP contribution in [0.15, 0.2) is 48.5 Å². The third-order valence-electron chi connectivity index (χ3n) is 3.64. The summed E-state index contributed by atoms with van der Waals surface area (Å²) in [6.07, 6.45) is 0. The summed E-state index contributed by atoms with van der Waals surface area (Å²) in [5.41, 5.74) is 1.52. The summed E-state index contributed by atoms with van der Waals surface area (Å²) in [5, 5.41) is 2.76. The lowest BCUT2D eigenvalue weighted by Crippen LogP contribution is -3.12. The van der Waals surface area contributed by atoms with Crippen molar-refractivity contribution in [2.24, 2.45) is 0 Å². The highest BCUT2D eigenvalue weighted by Gasteiger charge is 2.22. The Kier molecular flexibility index (Phi) is 5.22. The molecule has 0 spiro atoms. The molecule has 2 aromatic carbocycles. The predicted molar refractivity (Wildman–Crippen MR) is 81.5 cm³/mol. The number of hydrogen-bond acceptors (Lipinski definition) is 1. The van der Waals surface area contributed by atoms with Crippen molar-refractivity contribution in [1.29, 1.82) is 0 Å². The molecule has 0 aliphatic heterocycles. The van der Waals surface area contributed by atoms with E-state index in [0.29, 0.717) is 12.2 Å². The number of benzene rings is 2. The summed E-state index contributed by atoms with van der Waals surface area (Å²) in [6, 6.07) is 11.6. The van der Waals surface area contributed by atoms with Crippen molar-refractivity contribution in [2.45, 2.75) is 19.5 Å². The van der Waals surface area contributed by atoms with Crippen molar-refractivity contribution in [3.63, 3.8) is 0 Å². The molecule has 0 aromatic heterocycles. The van der Waals surface area contributed by atoms with Crippen LogP contribution < -0.4 is 10.2 Å². The first-order valence-corrected chi connectivity index (χ1v) is 7.09. The molecule has 0 aliphatic carbocycles. The number of nitrogens with one attached hydrogen (secondary N) is 2. The maximum atomic E-state index is 12.9. The maximum absolute atomic E-state index is 12.9. The molecule has 0 aliphatic rings. The minimum Gasteiger partial charge on any atom is -0.324 e. The van der Waals surface area contributed by atoms with Crippen LogP contribution in [0.1, 0.15) is 12.5 Å². The Morgan fingerprint density at radius 3 is 2.09 bits per heavy atom. The predicted octanol–water partition coefficient (Wildman–Crippen LogP) is 2.01. The highest BCUT2D eigenvalue weighted by Crippen LogP contribution is 2.08. The highest BCUT2D eigenvalue weighted by atomic mass is 19.1. The van der Waals surface area contributed by atoms with Gasteiger partial charge in [-0.05, 0) is 43.3 Å². The monoisotopic (exact) mass is 305 g/mol. The number of rotatable bonds is 5. The summed E-state index contributed by atoms with van der Waals surface area (Å²) in [7, 11) is 1.90. The average molecular weight is 305 g/mol. The van der Waals surface area contributed by atoms with Crippen molar-refractivity contribution >= 4 is 11.6 Å². The molecule has 1 unspecified atom stereocenters. The van der Waals surface area contributed by atoms with Gasteiger partial charge in [0.25, 0.3) is 5.91 Å². The summed E-state index contributed by atoms with van der Waals surface area (Å²) >= 11 is 0. The molecule has 0 radical (unpaired) electrons. The van der Waals surface area contributed by atoms with Gasteiger partial charge >= 0.3 is 0 Å². The van der Waals surface area contributed by atoms with E-state index in [2.05, 4.69) is 5.32 Å². The van der Waals surface area contributed by atoms with Crippen LogP contribution in [0.4, 0.5) is 14.5 Å². The summed E-state index contributed by atoms with van der Waals surface area (Å²) in [6.45, 7) is 2.43. The zero-order chi connectivity index (χ0) is 16.1. The first-order chi connectivity index (χ1) is 10.5. The standard InChI is InChI=1S/C17H18F2N2O/c1-12(17(22)20-16-9-7-15(19)8-10-16)21(2)11-13-3-5-14(18)6-4-13/h3-10,12H,11H2,1-2H3,(H,20,22)/p+1/t12-/m0/s1. The second kappa shape index (κ2) is 7.13. The molecule has 0 saturated heterocycles. The number of anilines is 1. The first kappa shape index (κ1) is 16.1. The third kappa shape index (κ3) is 4.36. The fourth-order valence-electron chi connectivity index (χ4n) is 2.08. The van der Waals surface area contributed by atoms with Crippen LogP contribution in [-0.4, -0.2) is 19.0 Å². The lowest BCUT2D eigenvalue weighted by Gasteiger charge is -2.21. The Morgan fingerprint density at radius 1 is 1.05 bits per heavy atom. The van der Waals surface area contributed by atoms with E-state index in [1.54, 1.807) is 12.1 Å². The van der Waals surface area contributed by atoms with Crippen molar-refractivity contribution in [2.75, 3.05) is 12.4 Å². The molecule has 5 heteroatoms. The van der Waals surface area contributed by atoms with E-state index in [0.717, 1.165) is 10.5 Å². The van der Waals surface area contributed by atoms with Gasteiger partial charge in [-0.15, -0.1) is 0 Å². The zero-order valence-corrected chi connectivity index (χ0v) is 12.6. The number of likely N-dealkylation sites (N-methyl/N-ethyl adjacent to an activating group) is 1. The SMILES string of the molecule is C[C@@H](C(=O)Nc1ccc(F)cc1)[NH+](C)Cc1ccc(F)cc1. The Labute approximate surface area is 128 Å². The molecular weight excluding hydrogens is 286 g/mol. The van der Waals surface area contributed by atoms with Crippen LogP contribution >= 0.6 is 0 Å². The molecule has 116 valence electrons. The van der Waals surface area contributed by atoms with E-state index in [-0.39, 0.29) is 23.6 Å². The van der Waals surface area contributed by atoms with Crippen LogP contribution in [0.25, 0.3) is 0 Å². The lowest BCUT2D eigenvalue weighted by atomic mass is 10.2. The molecule has 0 fully saturated rings. The molecule has 1 amide bonds. The van der Waals surface area contributed by atoms with E-state index in [1.807, 2.05) is 14.0 Å². The number of amides is 1. The summed E-state index contributed by atoms with van der Waals surface area (Å²) in [5.74, 6) is -0.764. The molecule has 3 nitrogen and oxygen atoms in total. The van der Waals surface area contributed by atoms with Crippen LogP contribution in [0.3, 0.4) is 0 Å². The summed E-state index contributed by atoms with van der Waals surface area (Å²) < 4.78 is 25.7. The van der Waals surface area contributed by atoms with E-state index in [4.69, 9.17) is 0 Å². The molecule has 2 N–H and O–H groups in total. The second-order valence-corrected chi connectivity index (χ2v) is 5.37. The Hall–Kier alpha value is -2.27. The normalized spacial score (nSPS) is 13.5. The largest absolute Gasteiger partial charge is 0.324 e. The molecular formula is C17H19F2N2O+. The fourth-order valence-corrected chi connectivity index (χ4v) is 2.08.